The van der Waals surface area contributed by atoms with Crippen molar-refractivity contribution in [1.29, 1.82) is 0 Å². The lowest BCUT2D eigenvalue weighted by Crippen LogP contribution is -2.43. The van der Waals surface area contributed by atoms with Crippen LogP contribution in [0, 0.1) is 5.92 Å². The van der Waals surface area contributed by atoms with E-state index in [1.807, 2.05) is 13.8 Å². The van der Waals surface area contributed by atoms with Crippen molar-refractivity contribution in [3.63, 3.8) is 0 Å². The fourth-order valence-electron chi connectivity index (χ4n) is 1.07. The molecule has 0 aromatic rings. The third-order valence-corrected chi connectivity index (χ3v) is 1.96. The third kappa shape index (κ3) is 1.70. The Kier molecular flexibility index (Phi) is 2.02. The van der Waals surface area contributed by atoms with Crippen LogP contribution in [0.2, 0.25) is 0 Å². The molecule has 1 rings (SSSR count). The first-order valence-corrected chi connectivity index (χ1v) is 3.83. The standard InChI is InChI=1S/C8H16O2/c1-6-5-9-8(3,4)10-7(6)2/h6-7H,5H2,1-4H3/t6-,7-/m1/s1. The van der Waals surface area contributed by atoms with Gasteiger partial charge in [0.25, 0.3) is 0 Å². The van der Waals surface area contributed by atoms with E-state index in [2.05, 4.69) is 13.8 Å². The maximum absolute atomic E-state index is 5.56. The van der Waals surface area contributed by atoms with E-state index in [-0.39, 0.29) is 5.79 Å². The molecule has 0 radical (unpaired) electrons. The molecule has 1 aliphatic heterocycles. The molecular weight excluding hydrogens is 128 g/mol. The Labute approximate surface area is 62.5 Å². The maximum Gasteiger partial charge on any atom is 0.163 e. The lowest BCUT2D eigenvalue weighted by molar-refractivity contribution is -0.286. The van der Waals surface area contributed by atoms with Crippen LogP contribution in [0.1, 0.15) is 27.7 Å². The average Bonchev–Trinajstić information content (AvgIpc) is 1.79. The predicted octanol–water partition coefficient (Wildman–Crippen LogP) is 1.79. The molecule has 0 saturated carbocycles. The zero-order valence-corrected chi connectivity index (χ0v) is 7.18. The molecule has 0 bridgehead atoms. The van der Waals surface area contributed by atoms with Crippen molar-refractivity contribution in [1.82, 2.24) is 0 Å². The van der Waals surface area contributed by atoms with E-state index >= 15 is 0 Å². The summed E-state index contributed by atoms with van der Waals surface area (Å²) in [6, 6.07) is 0. The summed E-state index contributed by atoms with van der Waals surface area (Å²) >= 11 is 0. The normalized spacial score (nSPS) is 39.6. The zero-order chi connectivity index (χ0) is 7.78. The van der Waals surface area contributed by atoms with Crippen molar-refractivity contribution in [3.05, 3.63) is 0 Å². The third-order valence-electron chi connectivity index (χ3n) is 1.96. The molecule has 0 amide bonds. The SMILES string of the molecule is C[C@@H]1COC(C)(C)O[C@@H]1C. The smallest absolute Gasteiger partial charge is 0.163 e. The molecule has 0 spiro atoms. The number of hydrogen-bond donors (Lipinski definition) is 0. The van der Waals surface area contributed by atoms with Crippen LogP contribution in [-0.2, 0) is 9.47 Å². The van der Waals surface area contributed by atoms with Gasteiger partial charge in [-0.05, 0) is 20.8 Å². The summed E-state index contributed by atoms with van der Waals surface area (Å²) in [4.78, 5) is 0. The first-order chi connectivity index (χ1) is 4.51. The number of hydrogen-bond acceptors (Lipinski definition) is 2. The number of rotatable bonds is 0. The van der Waals surface area contributed by atoms with Crippen molar-refractivity contribution in [2.75, 3.05) is 6.61 Å². The molecule has 0 aliphatic carbocycles. The van der Waals surface area contributed by atoms with E-state index in [0.29, 0.717) is 12.0 Å². The quantitative estimate of drug-likeness (QED) is 0.516. The molecule has 0 aromatic heterocycles. The van der Waals surface area contributed by atoms with Crippen molar-refractivity contribution >= 4 is 0 Å². The average molecular weight is 144 g/mol. The summed E-state index contributed by atoms with van der Waals surface area (Å²) in [5.74, 6) is 0.152. The van der Waals surface area contributed by atoms with Crippen LogP contribution in [0.25, 0.3) is 0 Å². The summed E-state index contributed by atoms with van der Waals surface area (Å²) < 4.78 is 11.0. The highest BCUT2D eigenvalue weighted by atomic mass is 16.7. The first-order valence-electron chi connectivity index (χ1n) is 3.83. The molecule has 1 heterocycles. The predicted molar refractivity (Wildman–Crippen MR) is 39.7 cm³/mol. The molecule has 0 unspecified atom stereocenters. The molecule has 1 saturated heterocycles. The highest BCUT2D eigenvalue weighted by molar-refractivity contribution is 4.70. The van der Waals surface area contributed by atoms with Crippen LogP contribution >= 0.6 is 0 Å². The fourth-order valence-corrected chi connectivity index (χ4v) is 1.07. The van der Waals surface area contributed by atoms with Gasteiger partial charge in [0, 0.05) is 5.92 Å². The van der Waals surface area contributed by atoms with Gasteiger partial charge in [0.2, 0.25) is 0 Å². The van der Waals surface area contributed by atoms with Crippen LogP contribution in [-0.4, -0.2) is 18.5 Å². The second kappa shape index (κ2) is 2.51. The molecule has 60 valence electrons. The van der Waals surface area contributed by atoms with E-state index in [1.54, 1.807) is 0 Å². The minimum absolute atomic E-state index is 0.323. The summed E-state index contributed by atoms with van der Waals surface area (Å²) in [7, 11) is 0. The lowest BCUT2D eigenvalue weighted by atomic mass is 10.1. The van der Waals surface area contributed by atoms with Crippen molar-refractivity contribution < 1.29 is 9.47 Å². The lowest BCUT2D eigenvalue weighted by Gasteiger charge is -2.38. The Hall–Kier alpha value is -0.0800. The van der Waals surface area contributed by atoms with Gasteiger partial charge in [0.05, 0.1) is 12.7 Å². The minimum Gasteiger partial charge on any atom is -0.350 e. The van der Waals surface area contributed by atoms with Crippen molar-refractivity contribution in [2.24, 2.45) is 5.92 Å². The number of ether oxygens (including phenoxy) is 2. The topological polar surface area (TPSA) is 18.5 Å². The molecule has 1 fully saturated rings. The molecule has 10 heavy (non-hydrogen) atoms. The van der Waals surface area contributed by atoms with Crippen LogP contribution in [0.4, 0.5) is 0 Å². The largest absolute Gasteiger partial charge is 0.350 e. The van der Waals surface area contributed by atoms with Gasteiger partial charge in [-0.2, -0.15) is 0 Å². The van der Waals surface area contributed by atoms with Crippen LogP contribution in [0.3, 0.4) is 0 Å². The van der Waals surface area contributed by atoms with Gasteiger partial charge < -0.3 is 9.47 Å². The Morgan fingerprint density at radius 3 is 2.30 bits per heavy atom. The van der Waals surface area contributed by atoms with E-state index in [1.165, 1.54) is 0 Å². The van der Waals surface area contributed by atoms with E-state index in [0.717, 1.165) is 6.61 Å². The highest BCUT2D eigenvalue weighted by Gasteiger charge is 2.31. The van der Waals surface area contributed by atoms with E-state index in [9.17, 15) is 0 Å². The van der Waals surface area contributed by atoms with Gasteiger partial charge in [-0.15, -0.1) is 0 Å². The van der Waals surface area contributed by atoms with Gasteiger partial charge in [-0.25, -0.2) is 0 Å². The Morgan fingerprint density at radius 1 is 1.30 bits per heavy atom. The van der Waals surface area contributed by atoms with Gasteiger partial charge in [-0.3, -0.25) is 0 Å². The minimum atomic E-state index is -0.369. The van der Waals surface area contributed by atoms with Crippen molar-refractivity contribution in [3.8, 4) is 0 Å². The molecule has 1 aliphatic rings. The summed E-state index contributed by atoms with van der Waals surface area (Å²) in [6.07, 6.45) is 0.323. The molecular formula is C8H16O2. The Morgan fingerprint density at radius 2 is 1.90 bits per heavy atom. The fraction of sp³-hybridized carbons (Fsp3) is 1.00. The van der Waals surface area contributed by atoms with Crippen LogP contribution < -0.4 is 0 Å². The van der Waals surface area contributed by atoms with Gasteiger partial charge >= 0.3 is 0 Å². The van der Waals surface area contributed by atoms with Gasteiger partial charge in [0.1, 0.15) is 0 Å². The van der Waals surface area contributed by atoms with E-state index in [4.69, 9.17) is 9.47 Å². The molecule has 2 nitrogen and oxygen atoms in total. The Bertz CT molecular complexity index is 120. The van der Waals surface area contributed by atoms with E-state index < -0.39 is 0 Å². The molecule has 0 N–H and O–H groups in total. The monoisotopic (exact) mass is 144 g/mol. The highest BCUT2D eigenvalue weighted by Crippen LogP contribution is 2.24. The summed E-state index contributed by atoms with van der Waals surface area (Å²) in [6.45, 7) is 8.95. The van der Waals surface area contributed by atoms with Crippen molar-refractivity contribution in [2.45, 2.75) is 39.6 Å². The second-order valence-corrected chi connectivity index (χ2v) is 3.51. The van der Waals surface area contributed by atoms with Gasteiger partial charge in [0.15, 0.2) is 5.79 Å². The summed E-state index contributed by atoms with van der Waals surface area (Å²) in [5, 5.41) is 0. The summed E-state index contributed by atoms with van der Waals surface area (Å²) in [5.41, 5.74) is 0. The van der Waals surface area contributed by atoms with Gasteiger partial charge in [-0.1, -0.05) is 6.92 Å². The second-order valence-electron chi connectivity index (χ2n) is 3.51. The Balaban J connectivity index is 2.49. The first kappa shape index (κ1) is 8.02. The van der Waals surface area contributed by atoms with Crippen LogP contribution in [0.5, 0.6) is 0 Å². The molecule has 2 atom stereocenters. The molecule has 2 heteroatoms. The maximum atomic E-state index is 5.56. The molecule has 0 aromatic carbocycles. The van der Waals surface area contributed by atoms with Crippen LogP contribution in [0.15, 0.2) is 0 Å². The zero-order valence-electron chi connectivity index (χ0n) is 7.18.